The predicted molar refractivity (Wildman–Crippen MR) is 82.1 cm³/mol. The number of carbonyl (C=O) groups excluding carboxylic acids is 1. The average Bonchev–Trinajstić information content (AvgIpc) is 2.45. The van der Waals surface area contributed by atoms with E-state index in [4.69, 9.17) is 0 Å². The molecule has 0 unspecified atom stereocenters. The van der Waals surface area contributed by atoms with E-state index in [2.05, 4.69) is 10.2 Å². The number of carbonyl (C=O) groups is 1. The van der Waals surface area contributed by atoms with E-state index < -0.39 is 0 Å². The highest BCUT2D eigenvalue weighted by Gasteiger charge is 2.18. The smallest absolute Gasteiger partial charge is 0.295 e. The summed E-state index contributed by atoms with van der Waals surface area (Å²) in [6, 6.07) is 13.7. The molecule has 2 aromatic carbocycles. The molecule has 2 rings (SSSR count). The van der Waals surface area contributed by atoms with Crippen molar-refractivity contribution in [3.8, 4) is 5.75 Å². The summed E-state index contributed by atoms with van der Waals surface area (Å²) in [7, 11) is 0. The Hall–Kier alpha value is -2.49. The first-order chi connectivity index (χ1) is 9.88. The first-order valence-corrected chi connectivity index (χ1v) is 6.72. The Morgan fingerprint density at radius 3 is 2.33 bits per heavy atom. The highest BCUT2D eigenvalue weighted by Crippen LogP contribution is 2.33. The van der Waals surface area contributed by atoms with Crippen LogP contribution in [0.15, 0.2) is 58.8 Å². The zero-order valence-electron chi connectivity index (χ0n) is 12.4. The van der Waals surface area contributed by atoms with E-state index in [-0.39, 0.29) is 17.1 Å². The van der Waals surface area contributed by atoms with E-state index in [1.807, 2.05) is 26.8 Å². The molecule has 4 nitrogen and oxygen atoms in total. The van der Waals surface area contributed by atoms with Gasteiger partial charge in [-0.15, -0.1) is 10.2 Å². The van der Waals surface area contributed by atoms with Crippen LogP contribution in [0.1, 0.15) is 36.7 Å². The summed E-state index contributed by atoms with van der Waals surface area (Å²) in [5.41, 5.74) is 1.60. The molecule has 0 saturated heterocycles. The van der Waals surface area contributed by atoms with E-state index in [9.17, 15) is 9.90 Å². The van der Waals surface area contributed by atoms with Gasteiger partial charge in [-0.1, -0.05) is 39.0 Å². The van der Waals surface area contributed by atoms with Crippen LogP contribution in [0.25, 0.3) is 0 Å². The van der Waals surface area contributed by atoms with Crippen LogP contribution in [-0.2, 0) is 5.41 Å². The number of hydrogen-bond donors (Lipinski definition) is 1. The van der Waals surface area contributed by atoms with Crippen molar-refractivity contribution in [2.24, 2.45) is 10.2 Å². The Kier molecular flexibility index (Phi) is 4.17. The van der Waals surface area contributed by atoms with Crippen LogP contribution in [0.4, 0.5) is 5.69 Å². The third-order valence-electron chi connectivity index (χ3n) is 3.07. The number of amides is 1. The minimum Gasteiger partial charge on any atom is -0.508 e. The molecule has 0 radical (unpaired) electrons. The average molecular weight is 282 g/mol. The summed E-state index contributed by atoms with van der Waals surface area (Å²) in [5, 5.41) is 17.6. The standard InChI is InChI=1S/C17H18N2O2/c1-17(2,3)14-11-13(9-10-15(14)20)18-19-16(21)12-7-5-4-6-8-12/h4-11,20H,1-3H3. The van der Waals surface area contributed by atoms with Gasteiger partial charge >= 0.3 is 0 Å². The van der Waals surface area contributed by atoms with E-state index in [0.717, 1.165) is 5.56 Å². The molecule has 0 aliphatic heterocycles. The second kappa shape index (κ2) is 5.87. The van der Waals surface area contributed by atoms with Gasteiger partial charge in [0.25, 0.3) is 5.91 Å². The number of rotatable bonds is 2. The fourth-order valence-electron chi connectivity index (χ4n) is 1.93. The number of benzene rings is 2. The van der Waals surface area contributed by atoms with E-state index in [0.29, 0.717) is 11.3 Å². The van der Waals surface area contributed by atoms with Crippen molar-refractivity contribution >= 4 is 11.6 Å². The van der Waals surface area contributed by atoms with E-state index in [1.54, 1.807) is 42.5 Å². The van der Waals surface area contributed by atoms with Gasteiger partial charge in [0.1, 0.15) is 5.75 Å². The maximum atomic E-state index is 11.9. The highest BCUT2D eigenvalue weighted by molar-refractivity contribution is 5.94. The zero-order chi connectivity index (χ0) is 15.5. The molecule has 0 heterocycles. The molecule has 2 aromatic rings. The minimum atomic E-state index is -0.388. The van der Waals surface area contributed by atoms with Crippen molar-refractivity contribution in [1.29, 1.82) is 0 Å². The highest BCUT2D eigenvalue weighted by atomic mass is 16.3. The lowest BCUT2D eigenvalue weighted by molar-refractivity contribution is 0.0995. The van der Waals surface area contributed by atoms with Gasteiger partial charge in [-0.05, 0) is 35.7 Å². The maximum Gasteiger partial charge on any atom is 0.295 e. The Labute approximate surface area is 124 Å². The SMILES string of the molecule is CC(C)(C)c1cc(N=NC(=O)c2ccccc2)ccc1O. The maximum absolute atomic E-state index is 11.9. The van der Waals surface area contributed by atoms with Crippen LogP contribution < -0.4 is 0 Å². The molecule has 0 aromatic heterocycles. The fraction of sp³-hybridized carbons (Fsp3) is 0.235. The van der Waals surface area contributed by atoms with Crippen LogP contribution in [-0.4, -0.2) is 11.0 Å². The van der Waals surface area contributed by atoms with Gasteiger partial charge < -0.3 is 5.11 Å². The van der Waals surface area contributed by atoms with Crippen molar-refractivity contribution in [1.82, 2.24) is 0 Å². The minimum absolute atomic E-state index is 0.209. The quantitative estimate of drug-likeness (QED) is 0.817. The van der Waals surface area contributed by atoms with Crippen LogP contribution >= 0.6 is 0 Å². The topological polar surface area (TPSA) is 62.0 Å². The van der Waals surface area contributed by atoms with Gasteiger partial charge in [0.05, 0.1) is 5.69 Å². The predicted octanol–water partition coefficient (Wildman–Crippen LogP) is 4.61. The molecule has 0 atom stereocenters. The summed E-state index contributed by atoms with van der Waals surface area (Å²) in [4.78, 5) is 11.9. The largest absolute Gasteiger partial charge is 0.508 e. The number of phenols is 1. The van der Waals surface area contributed by atoms with Gasteiger partial charge in [0, 0.05) is 11.1 Å². The summed E-state index contributed by atoms with van der Waals surface area (Å²) in [6.45, 7) is 5.99. The number of phenolic OH excluding ortho intramolecular Hbond substituents is 1. The van der Waals surface area contributed by atoms with Crippen molar-refractivity contribution in [3.05, 3.63) is 59.7 Å². The molecule has 108 valence electrons. The van der Waals surface area contributed by atoms with Gasteiger partial charge in [0.2, 0.25) is 0 Å². The molecule has 0 spiro atoms. The first-order valence-electron chi connectivity index (χ1n) is 6.72. The number of aromatic hydroxyl groups is 1. The van der Waals surface area contributed by atoms with Crippen molar-refractivity contribution in [2.75, 3.05) is 0 Å². The number of azo groups is 1. The summed E-state index contributed by atoms with van der Waals surface area (Å²) in [6.07, 6.45) is 0. The van der Waals surface area contributed by atoms with Gasteiger partial charge in [0.15, 0.2) is 0 Å². The lowest BCUT2D eigenvalue weighted by atomic mass is 9.86. The molecule has 0 aliphatic rings. The van der Waals surface area contributed by atoms with Crippen molar-refractivity contribution < 1.29 is 9.90 Å². The third kappa shape index (κ3) is 3.75. The molecular weight excluding hydrogens is 264 g/mol. The normalized spacial score (nSPS) is 11.8. The second-order valence-electron chi connectivity index (χ2n) is 5.82. The molecule has 1 amide bonds. The lowest BCUT2D eigenvalue weighted by Crippen LogP contribution is -2.10. The molecule has 0 bridgehead atoms. The number of hydrogen-bond acceptors (Lipinski definition) is 3. The van der Waals surface area contributed by atoms with E-state index in [1.165, 1.54) is 0 Å². The van der Waals surface area contributed by atoms with Crippen LogP contribution in [0.2, 0.25) is 0 Å². The van der Waals surface area contributed by atoms with Crippen molar-refractivity contribution in [2.45, 2.75) is 26.2 Å². The molecular formula is C17H18N2O2. The Bertz CT molecular complexity index is 671. The molecule has 0 saturated carbocycles. The number of nitrogens with zero attached hydrogens (tertiary/aromatic N) is 2. The summed E-state index contributed by atoms with van der Waals surface area (Å²) < 4.78 is 0. The molecule has 4 heteroatoms. The summed E-state index contributed by atoms with van der Waals surface area (Å²) in [5.74, 6) is -0.170. The summed E-state index contributed by atoms with van der Waals surface area (Å²) >= 11 is 0. The first kappa shape index (κ1) is 14.9. The monoisotopic (exact) mass is 282 g/mol. The van der Waals surface area contributed by atoms with E-state index >= 15 is 0 Å². The van der Waals surface area contributed by atoms with Gasteiger partial charge in [-0.25, -0.2) is 0 Å². The Balaban J connectivity index is 2.24. The zero-order valence-corrected chi connectivity index (χ0v) is 12.4. The van der Waals surface area contributed by atoms with Crippen LogP contribution in [0, 0.1) is 0 Å². The molecule has 0 aliphatic carbocycles. The Morgan fingerprint density at radius 2 is 1.71 bits per heavy atom. The molecule has 21 heavy (non-hydrogen) atoms. The molecule has 0 fully saturated rings. The second-order valence-corrected chi connectivity index (χ2v) is 5.82. The fourth-order valence-corrected chi connectivity index (χ4v) is 1.93. The van der Waals surface area contributed by atoms with Crippen LogP contribution in [0.3, 0.4) is 0 Å². The van der Waals surface area contributed by atoms with Crippen molar-refractivity contribution in [3.63, 3.8) is 0 Å². The van der Waals surface area contributed by atoms with Crippen LogP contribution in [0.5, 0.6) is 5.75 Å². The lowest BCUT2D eigenvalue weighted by Gasteiger charge is -2.20. The van der Waals surface area contributed by atoms with Gasteiger partial charge in [-0.3, -0.25) is 4.79 Å². The Morgan fingerprint density at radius 1 is 1.05 bits per heavy atom. The third-order valence-corrected chi connectivity index (χ3v) is 3.07. The molecule has 1 N–H and O–H groups in total. The van der Waals surface area contributed by atoms with Gasteiger partial charge in [-0.2, -0.15) is 0 Å².